The normalized spacial score (nSPS) is 19.8. The van der Waals surface area contributed by atoms with Crippen LogP contribution in [-0.4, -0.2) is 41.7 Å². The van der Waals surface area contributed by atoms with Crippen LogP contribution in [0.3, 0.4) is 0 Å². The van der Waals surface area contributed by atoms with Gasteiger partial charge in [0, 0.05) is 17.1 Å². The van der Waals surface area contributed by atoms with Crippen molar-refractivity contribution in [2.75, 3.05) is 19.7 Å². The van der Waals surface area contributed by atoms with Gasteiger partial charge < -0.3 is 9.84 Å². The second kappa shape index (κ2) is 7.64. The van der Waals surface area contributed by atoms with E-state index in [0.717, 1.165) is 42.6 Å². The molecule has 0 amide bonds. The lowest BCUT2D eigenvalue weighted by atomic mass is 9.99. The number of hydrogen-bond acceptors (Lipinski definition) is 3. The molecule has 0 bridgehead atoms. The molecule has 1 heterocycles. The highest BCUT2D eigenvalue weighted by molar-refractivity contribution is 9.10. The van der Waals surface area contributed by atoms with E-state index in [2.05, 4.69) is 20.8 Å². The first-order valence-corrected chi connectivity index (χ1v) is 7.78. The summed E-state index contributed by atoms with van der Waals surface area (Å²) in [5.74, 6) is 0.126. The van der Waals surface area contributed by atoms with Gasteiger partial charge in [0.15, 0.2) is 0 Å². The Labute approximate surface area is 127 Å². The Kier molecular flexibility index (Phi) is 5.86. The first kappa shape index (κ1) is 15.3. The van der Waals surface area contributed by atoms with Gasteiger partial charge in [-0.2, -0.15) is 0 Å². The largest absolute Gasteiger partial charge is 0.492 e. The van der Waals surface area contributed by atoms with Crippen molar-refractivity contribution < 1.29 is 14.6 Å². The summed E-state index contributed by atoms with van der Waals surface area (Å²) in [6.07, 6.45) is 3.48. The third-order valence-corrected chi connectivity index (χ3v) is 4.10. The molecule has 0 saturated carbocycles. The number of carboxylic acid groups (broad SMARTS) is 1. The quantitative estimate of drug-likeness (QED) is 0.863. The standard InChI is InChI=1S/C15H20BrNO3/c16-12-4-3-6-14(10-12)20-9-8-17-7-2-1-5-13(17)11-15(18)19/h3-4,6,10,13H,1-2,5,7-9,11H2,(H,18,19). The van der Waals surface area contributed by atoms with E-state index < -0.39 is 5.97 Å². The molecule has 1 fully saturated rings. The highest BCUT2D eigenvalue weighted by atomic mass is 79.9. The summed E-state index contributed by atoms with van der Waals surface area (Å²) in [6, 6.07) is 7.92. The van der Waals surface area contributed by atoms with E-state index in [4.69, 9.17) is 9.84 Å². The number of carboxylic acids is 1. The maximum Gasteiger partial charge on any atom is 0.304 e. The average molecular weight is 342 g/mol. The molecule has 0 aromatic heterocycles. The van der Waals surface area contributed by atoms with E-state index in [-0.39, 0.29) is 12.5 Å². The molecule has 110 valence electrons. The average Bonchev–Trinajstić information content (AvgIpc) is 2.40. The van der Waals surface area contributed by atoms with Gasteiger partial charge in [-0.05, 0) is 37.6 Å². The molecule has 0 aliphatic carbocycles. The van der Waals surface area contributed by atoms with Gasteiger partial charge in [-0.25, -0.2) is 0 Å². The zero-order valence-electron chi connectivity index (χ0n) is 11.4. The Morgan fingerprint density at radius 1 is 1.45 bits per heavy atom. The van der Waals surface area contributed by atoms with Gasteiger partial charge >= 0.3 is 5.97 Å². The lowest BCUT2D eigenvalue weighted by Gasteiger charge is -2.34. The number of nitrogens with zero attached hydrogens (tertiary/aromatic N) is 1. The van der Waals surface area contributed by atoms with E-state index in [1.165, 1.54) is 0 Å². The van der Waals surface area contributed by atoms with Crippen molar-refractivity contribution >= 4 is 21.9 Å². The summed E-state index contributed by atoms with van der Waals surface area (Å²) in [5, 5.41) is 8.95. The zero-order chi connectivity index (χ0) is 14.4. The molecule has 1 unspecified atom stereocenters. The molecular formula is C15H20BrNO3. The molecule has 1 saturated heterocycles. The number of carbonyl (C=O) groups is 1. The molecule has 20 heavy (non-hydrogen) atoms. The van der Waals surface area contributed by atoms with Gasteiger partial charge in [0.1, 0.15) is 12.4 Å². The smallest absolute Gasteiger partial charge is 0.304 e. The predicted molar refractivity (Wildman–Crippen MR) is 81.1 cm³/mol. The molecule has 0 spiro atoms. The number of likely N-dealkylation sites (tertiary alicyclic amines) is 1. The highest BCUT2D eigenvalue weighted by Crippen LogP contribution is 2.20. The fourth-order valence-corrected chi connectivity index (χ4v) is 3.00. The van der Waals surface area contributed by atoms with Crippen molar-refractivity contribution in [3.63, 3.8) is 0 Å². The topological polar surface area (TPSA) is 49.8 Å². The number of ether oxygens (including phenoxy) is 1. The highest BCUT2D eigenvalue weighted by Gasteiger charge is 2.24. The maximum absolute atomic E-state index is 10.9. The van der Waals surface area contributed by atoms with E-state index in [1.807, 2.05) is 24.3 Å². The summed E-state index contributed by atoms with van der Waals surface area (Å²) in [4.78, 5) is 13.1. The van der Waals surface area contributed by atoms with Crippen LogP contribution in [0.4, 0.5) is 0 Å². The number of hydrogen-bond donors (Lipinski definition) is 1. The molecule has 4 nitrogen and oxygen atoms in total. The molecule has 5 heteroatoms. The van der Waals surface area contributed by atoms with Gasteiger partial charge in [0.05, 0.1) is 6.42 Å². The third kappa shape index (κ3) is 4.80. The van der Waals surface area contributed by atoms with E-state index >= 15 is 0 Å². The minimum Gasteiger partial charge on any atom is -0.492 e. The van der Waals surface area contributed by atoms with Crippen LogP contribution < -0.4 is 4.74 Å². The Morgan fingerprint density at radius 3 is 3.05 bits per heavy atom. The Morgan fingerprint density at radius 2 is 2.30 bits per heavy atom. The Hall–Kier alpha value is -1.07. The molecule has 1 N–H and O–H groups in total. The fraction of sp³-hybridized carbons (Fsp3) is 0.533. The van der Waals surface area contributed by atoms with Crippen LogP contribution in [0.1, 0.15) is 25.7 Å². The lowest BCUT2D eigenvalue weighted by Crippen LogP contribution is -2.42. The minimum atomic E-state index is -0.713. The molecule has 0 radical (unpaired) electrons. The van der Waals surface area contributed by atoms with Gasteiger partial charge in [-0.3, -0.25) is 9.69 Å². The van der Waals surface area contributed by atoms with Crippen molar-refractivity contribution in [2.24, 2.45) is 0 Å². The molecule has 2 rings (SSSR count). The van der Waals surface area contributed by atoms with Crippen LogP contribution >= 0.6 is 15.9 Å². The monoisotopic (exact) mass is 341 g/mol. The van der Waals surface area contributed by atoms with Crippen molar-refractivity contribution in [3.05, 3.63) is 28.7 Å². The third-order valence-electron chi connectivity index (χ3n) is 3.60. The molecule has 1 atom stereocenters. The van der Waals surface area contributed by atoms with Crippen molar-refractivity contribution in [2.45, 2.75) is 31.7 Å². The number of aliphatic carboxylic acids is 1. The molecule has 1 aromatic rings. The first-order chi connectivity index (χ1) is 9.65. The molecular weight excluding hydrogens is 322 g/mol. The van der Waals surface area contributed by atoms with Crippen LogP contribution in [0.15, 0.2) is 28.7 Å². The van der Waals surface area contributed by atoms with Gasteiger partial charge in [0.2, 0.25) is 0 Å². The Bertz CT molecular complexity index is 452. The van der Waals surface area contributed by atoms with Gasteiger partial charge in [0.25, 0.3) is 0 Å². The van der Waals surface area contributed by atoms with Gasteiger partial charge in [-0.1, -0.05) is 28.4 Å². The van der Waals surface area contributed by atoms with Crippen molar-refractivity contribution in [1.29, 1.82) is 0 Å². The Balaban J connectivity index is 1.80. The van der Waals surface area contributed by atoms with Gasteiger partial charge in [-0.15, -0.1) is 0 Å². The molecule has 1 aromatic carbocycles. The maximum atomic E-state index is 10.9. The molecule has 1 aliphatic heterocycles. The van der Waals surface area contributed by atoms with Crippen LogP contribution in [0.2, 0.25) is 0 Å². The van der Waals surface area contributed by atoms with E-state index in [1.54, 1.807) is 0 Å². The number of piperidine rings is 1. The predicted octanol–water partition coefficient (Wildman–Crippen LogP) is 3.16. The lowest BCUT2D eigenvalue weighted by molar-refractivity contribution is -0.138. The van der Waals surface area contributed by atoms with E-state index in [0.29, 0.717) is 6.61 Å². The van der Waals surface area contributed by atoms with Crippen molar-refractivity contribution in [1.82, 2.24) is 4.90 Å². The number of benzene rings is 1. The summed E-state index contributed by atoms with van der Waals surface area (Å²) in [7, 11) is 0. The summed E-state index contributed by atoms with van der Waals surface area (Å²) >= 11 is 3.41. The minimum absolute atomic E-state index is 0.160. The van der Waals surface area contributed by atoms with Crippen LogP contribution in [-0.2, 0) is 4.79 Å². The van der Waals surface area contributed by atoms with Crippen LogP contribution in [0, 0.1) is 0 Å². The fourth-order valence-electron chi connectivity index (χ4n) is 2.62. The number of rotatable bonds is 6. The second-order valence-electron chi connectivity index (χ2n) is 5.09. The van der Waals surface area contributed by atoms with Crippen molar-refractivity contribution in [3.8, 4) is 5.75 Å². The summed E-state index contributed by atoms with van der Waals surface area (Å²) in [5.41, 5.74) is 0. The van der Waals surface area contributed by atoms with Crippen LogP contribution in [0.25, 0.3) is 0 Å². The second-order valence-corrected chi connectivity index (χ2v) is 6.00. The number of halogens is 1. The first-order valence-electron chi connectivity index (χ1n) is 6.99. The summed E-state index contributed by atoms with van der Waals surface area (Å²) < 4.78 is 6.72. The van der Waals surface area contributed by atoms with E-state index in [9.17, 15) is 4.79 Å². The SMILES string of the molecule is O=C(O)CC1CCCCN1CCOc1cccc(Br)c1. The zero-order valence-corrected chi connectivity index (χ0v) is 13.0. The summed E-state index contributed by atoms with van der Waals surface area (Å²) in [6.45, 7) is 2.34. The van der Waals surface area contributed by atoms with Crippen LogP contribution in [0.5, 0.6) is 5.75 Å². The molecule has 1 aliphatic rings.